The monoisotopic (exact) mass is 271 g/mol. The first kappa shape index (κ1) is 12.6. The third-order valence-corrected chi connectivity index (χ3v) is 3.30. The van der Waals surface area contributed by atoms with Crippen LogP contribution < -0.4 is 15.4 Å². The number of rotatable bonds is 3. The molecule has 1 aliphatic heterocycles. The van der Waals surface area contributed by atoms with Gasteiger partial charge in [-0.3, -0.25) is 4.79 Å². The SMILES string of the molecule is CC1Oc2ccc(NCc3ccn(C)c3)cc2NC1=O. The summed E-state index contributed by atoms with van der Waals surface area (Å²) in [7, 11) is 2.00. The Labute approximate surface area is 117 Å². The summed E-state index contributed by atoms with van der Waals surface area (Å²) >= 11 is 0. The number of aryl methyl sites for hydroxylation is 1. The van der Waals surface area contributed by atoms with E-state index in [1.807, 2.05) is 36.0 Å². The highest BCUT2D eigenvalue weighted by Crippen LogP contribution is 2.32. The van der Waals surface area contributed by atoms with Gasteiger partial charge >= 0.3 is 0 Å². The normalized spacial score (nSPS) is 17.1. The summed E-state index contributed by atoms with van der Waals surface area (Å²) in [5, 5.41) is 6.17. The van der Waals surface area contributed by atoms with Crippen LogP contribution in [-0.4, -0.2) is 16.6 Å². The van der Waals surface area contributed by atoms with E-state index in [-0.39, 0.29) is 5.91 Å². The van der Waals surface area contributed by atoms with Gasteiger partial charge in [0.2, 0.25) is 0 Å². The maximum Gasteiger partial charge on any atom is 0.265 e. The quantitative estimate of drug-likeness (QED) is 0.901. The fourth-order valence-corrected chi connectivity index (χ4v) is 2.19. The molecule has 20 heavy (non-hydrogen) atoms. The number of hydrogen-bond acceptors (Lipinski definition) is 3. The zero-order chi connectivity index (χ0) is 14.1. The summed E-state index contributed by atoms with van der Waals surface area (Å²) in [6.45, 7) is 2.48. The summed E-state index contributed by atoms with van der Waals surface area (Å²) < 4.78 is 7.54. The number of amides is 1. The molecule has 2 heterocycles. The summed E-state index contributed by atoms with van der Waals surface area (Å²) in [6, 6.07) is 7.78. The first-order chi connectivity index (χ1) is 9.61. The van der Waals surface area contributed by atoms with E-state index in [4.69, 9.17) is 4.74 Å². The Morgan fingerprint density at radius 1 is 1.40 bits per heavy atom. The van der Waals surface area contributed by atoms with E-state index in [1.165, 1.54) is 5.56 Å². The highest BCUT2D eigenvalue weighted by molar-refractivity contribution is 5.98. The molecule has 1 unspecified atom stereocenters. The molecule has 0 radical (unpaired) electrons. The average molecular weight is 271 g/mol. The predicted molar refractivity (Wildman–Crippen MR) is 77.9 cm³/mol. The van der Waals surface area contributed by atoms with Gasteiger partial charge in [-0.05, 0) is 36.8 Å². The fraction of sp³-hybridized carbons (Fsp3) is 0.267. The van der Waals surface area contributed by atoms with Crippen LogP contribution in [0, 0.1) is 0 Å². The number of nitrogens with one attached hydrogen (secondary N) is 2. The van der Waals surface area contributed by atoms with Crippen molar-refractivity contribution in [2.24, 2.45) is 7.05 Å². The highest BCUT2D eigenvalue weighted by Gasteiger charge is 2.23. The Bertz CT molecular complexity index is 648. The van der Waals surface area contributed by atoms with Crippen molar-refractivity contribution in [3.05, 3.63) is 42.2 Å². The van der Waals surface area contributed by atoms with E-state index in [0.29, 0.717) is 11.4 Å². The number of ether oxygens (including phenoxy) is 1. The van der Waals surface area contributed by atoms with E-state index in [2.05, 4.69) is 22.9 Å². The van der Waals surface area contributed by atoms with E-state index in [9.17, 15) is 4.79 Å². The molecule has 5 nitrogen and oxygen atoms in total. The van der Waals surface area contributed by atoms with Crippen molar-refractivity contribution >= 4 is 17.3 Å². The van der Waals surface area contributed by atoms with Gasteiger partial charge in [-0.15, -0.1) is 0 Å². The van der Waals surface area contributed by atoms with Crippen LogP contribution in [0.15, 0.2) is 36.7 Å². The van der Waals surface area contributed by atoms with Gasteiger partial charge in [0.1, 0.15) is 5.75 Å². The zero-order valence-electron chi connectivity index (χ0n) is 11.5. The fourth-order valence-electron chi connectivity index (χ4n) is 2.19. The number of carbonyl (C=O) groups is 1. The molecule has 2 N–H and O–H groups in total. The maximum atomic E-state index is 11.6. The molecule has 2 aromatic rings. The zero-order valence-corrected chi connectivity index (χ0v) is 11.5. The second-order valence-corrected chi connectivity index (χ2v) is 5.00. The maximum absolute atomic E-state index is 11.6. The standard InChI is InChI=1S/C15H17N3O2/c1-10-15(19)17-13-7-12(3-4-14(13)20-10)16-8-11-5-6-18(2)9-11/h3-7,9-10,16H,8H2,1-2H3,(H,17,19). The van der Waals surface area contributed by atoms with Gasteiger partial charge in [0.05, 0.1) is 5.69 Å². The average Bonchev–Trinajstić information content (AvgIpc) is 2.84. The lowest BCUT2D eigenvalue weighted by Crippen LogP contribution is -2.34. The van der Waals surface area contributed by atoms with Crippen molar-refractivity contribution in [2.45, 2.75) is 19.6 Å². The number of aromatic nitrogens is 1. The van der Waals surface area contributed by atoms with Gasteiger partial charge in [-0.1, -0.05) is 0 Å². The van der Waals surface area contributed by atoms with Gasteiger partial charge < -0.3 is 19.9 Å². The summed E-state index contributed by atoms with van der Waals surface area (Å²) in [5.41, 5.74) is 2.87. The summed E-state index contributed by atoms with van der Waals surface area (Å²) in [5.74, 6) is 0.597. The first-order valence-electron chi connectivity index (χ1n) is 6.58. The van der Waals surface area contributed by atoms with Gasteiger partial charge in [-0.2, -0.15) is 0 Å². The molecular formula is C15H17N3O2. The molecule has 1 aromatic carbocycles. The number of nitrogens with zero attached hydrogens (tertiary/aromatic N) is 1. The Morgan fingerprint density at radius 2 is 2.25 bits per heavy atom. The Morgan fingerprint density at radius 3 is 3.00 bits per heavy atom. The van der Waals surface area contributed by atoms with Crippen molar-refractivity contribution < 1.29 is 9.53 Å². The van der Waals surface area contributed by atoms with Crippen LogP contribution in [0.4, 0.5) is 11.4 Å². The van der Waals surface area contributed by atoms with Crippen LogP contribution in [0.5, 0.6) is 5.75 Å². The third kappa shape index (κ3) is 2.47. The number of hydrogen-bond donors (Lipinski definition) is 2. The van der Waals surface area contributed by atoms with E-state index < -0.39 is 6.10 Å². The van der Waals surface area contributed by atoms with Gasteiger partial charge in [0.15, 0.2) is 6.10 Å². The molecule has 1 atom stereocenters. The van der Waals surface area contributed by atoms with Crippen molar-refractivity contribution in [3.8, 4) is 5.75 Å². The number of carbonyl (C=O) groups excluding carboxylic acids is 1. The van der Waals surface area contributed by atoms with Crippen LogP contribution >= 0.6 is 0 Å². The highest BCUT2D eigenvalue weighted by atomic mass is 16.5. The van der Waals surface area contributed by atoms with Crippen LogP contribution in [0.3, 0.4) is 0 Å². The largest absolute Gasteiger partial charge is 0.479 e. The molecular weight excluding hydrogens is 254 g/mol. The van der Waals surface area contributed by atoms with Crippen LogP contribution in [0.2, 0.25) is 0 Å². The molecule has 0 fully saturated rings. The van der Waals surface area contributed by atoms with Crippen LogP contribution in [0.25, 0.3) is 0 Å². The van der Waals surface area contributed by atoms with Gasteiger partial charge in [-0.25, -0.2) is 0 Å². The second kappa shape index (κ2) is 4.92. The van der Waals surface area contributed by atoms with Crippen LogP contribution in [0.1, 0.15) is 12.5 Å². The van der Waals surface area contributed by atoms with Crippen molar-refractivity contribution in [3.63, 3.8) is 0 Å². The van der Waals surface area contributed by atoms with Gasteiger partial charge in [0, 0.05) is 31.7 Å². The molecule has 3 rings (SSSR count). The van der Waals surface area contributed by atoms with Crippen molar-refractivity contribution in [2.75, 3.05) is 10.6 Å². The van der Waals surface area contributed by atoms with Crippen LogP contribution in [-0.2, 0) is 18.4 Å². The Balaban J connectivity index is 1.72. The predicted octanol–water partition coefficient (Wildman–Crippen LogP) is 2.36. The number of fused-ring (bicyclic) bond motifs is 1. The summed E-state index contributed by atoms with van der Waals surface area (Å²) in [4.78, 5) is 11.6. The topological polar surface area (TPSA) is 55.3 Å². The van der Waals surface area contributed by atoms with E-state index in [0.717, 1.165) is 12.2 Å². The lowest BCUT2D eigenvalue weighted by Gasteiger charge is -2.23. The minimum atomic E-state index is -0.439. The van der Waals surface area contributed by atoms with Crippen molar-refractivity contribution in [1.29, 1.82) is 0 Å². The Hall–Kier alpha value is -2.43. The molecule has 0 aliphatic carbocycles. The Kier molecular flexibility index (Phi) is 3.10. The van der Waals surface area contributed by atoms with Crippen molar-refractivity contribution in [1.82, 2.24) is 4.57 Å². The molecule has 0 saturated heterocycles. The molecule has 0 bridgehead atoms. The molecule has 104 valence electrons. The lowest BCUT2D eigenvalue weighted by atomic mass is 10.2. The lowest BCUT2D eigenvalue weighted by molar-refractivity contribution is -0.122. The number of benzene rings is 1. The second-order valence-electron chi connectivity index (χ2n) is 5.00. The minimum Gasteiger partial charge on any atom is -0.479 e. The van der Waals surface area contributed by atoms with E-state index >= 15 is 0 Å². The molecule has 1 amide bonds. The van der Waals surface area contributed by atoms with Gasteiger partial charge in [0.25, 0.3) is 5.91 Å². The molecule has 0 saturated carbocycles. The smallest absolute Gasteiger partial charge is 0.265 e. The first-order valence-corrected chi connectivity index (χ1v) is 6.58. The third-order valence-electron chi connectivity index (χ3n) is 3.30. The minimum absolute atomic E-state index is 0.113. The molecule has 1 aliphatic rings. The number of anilines is 2. The molecule has 5 heteroatoms. The van der Waals surface area contributed by atoms with E-state index in [1.54, 1.807) is 6.92 Å². The summed E-state index contributed by atoms with van der Waals surface area (Å²) in [6.07, 6.45) is 3.64. The molecule has 1 aromatic heterocycles. The molecule has 0 spiro atoms.